The van der Waals surface area contributed by atoms with E-state index in [1.807, 2.05) is 27.0 Å². The van der Waals surface area contributed by atoms with Gasteiger partial charge in [-0.05, 0) is 20.8 Å². The van der Waals surface area contributed by atoms with Gasteiger partial charge in [0.1, 0.15) is 6.54 Å². The number of hydrogen-bond acceptors (Lipinski definition) is 6. The van der Waals surface area contributed by atoms with Crippen LogP contribution in [0.5, 0.6) is 0 Å². The Morgan fingerprint density at radius 1 is 1.10 bits per heavy atom. The summed E-state index contributed by atoms with van der Waals surface area (Å²) >= 11 is 0. The molecule has 7 nitrogen and oxygen atoms in total. The van der Waals surface area contributed by atoms with Gasteiger partial charge in [-0.1, -0.05) is 26.0 Å². The Morgan fingerprint density at radius 3 is 2.38 bits per heavy atom. The first-order valence-electron chi connectivity index (χ1n) is 7.10. The molecule has 0 atom stereocenters. The summed E-state index contributed by atoms with van der Waals surface area (Å²) in [6, 6.07) is 0. The topological polar surface area (TPSA) is 81.7 Å². The Kier molecular flexibility index (Phi) is 4.13. The largest absolute Gasteiger partial charge is 0.423 e. The van der Waals surface area contributed by atoms with Crippen molar-refractivity contribution in [2.45, 2.75) is 65.6 Å². The van der Waals surface area contributed by atoms with Gasteiger partial charge < -0.3 is 9.73 Å². The van der Waals surface area contributed by atoms with Crippen molar-refractivity contribution in [3.63, 3.8) is 0 Å². The monoisotopic (exact) mass is 292 g/mol. The summed E-state index contributed by atoms with van der Waals surface area (Å²) in [7, 11) is 0. The van der Waals surface area contributed by atoms with Crippen LogP contribution in [0.2, 0.25) is 0 Å². The maximum atomic E-state index is 5.65. The van der Waals surface area contributed by atoms with Gasteiger partial charge in [0.15, 0.2) is 0 Å². The molecule has 0 unspecified atom stereocenters. The Hall–Kier alpha value is -1.76. The van der Waals surface area contributed by atoms with E-state index in [-0.39, 0.29) is 11.0 Å². The van der Waals surface area contributed by atoms with E-state index in [1.165, 1.54) is 0 Å². The maximum Gasteiger partial charge on any atom is 0.238 e. The lowest BCUT2D eigenvalue weighted by molar-refractivity contribution is 0.362. The minimum Gasteiger partial charge on any atom is -0.423 e. The normalized spacial score (nSPS) is 12.9. The molecule has 0 saturated heterocycles. The number of rotatable bonds is 4. The van der Waals surface area contributed by atoms with Gasteiger partial charge in [-0.2, -0.15) is 0 Å². The average molecular weight is 292 g/mol. The zero-order chi connectivity index (χ0) is 15.7. The molecule has 0 aliphatic carbocycles. The Bertz CT molecular complexity index is 587. The molecular weight excluding hydrogens is 268 g/mol. The van der Waals surface area contributed by atoms with Crippen LogP contribution in [0, 0.1) is 0 Å². The first-order chi connectivity index (χ1) is 9.63. The van der Waals surface area contributed by atoms with Gasteiger partial charge in [0.25, 0.3) is 0 Å². The van der Waals surface area contributed by atoms with E-state index in [2.05, 4.69) is 46.6 Å². The summed E-state index contributed by atoms with van der Waals surface area (Å²) in [6.45, 7) is 13.6. The third-order valence-corrected chi connectivity index (χ3v) is 2.79. The van der Waals surface area contributed by atoms with Gasteiger partial charge in [-0.25, -0.2) is 4.68 Å². The van der Waals surface area contributed by atoms with Crippen LogP contribution in [0.4, 0.5) is 0 Å². The molecule has 0 radical (unpaired) electrons. The van der Waals surface area contributed by atoms with Crippen molar-refractivity contribution in [1.29, 1.82) is 0 Å². The fraction of sp³-hybridized carbons (Fsp3) is 0.714. The number of aromatic nitrogens is 5. The Morgan fingerprint density at radius 2 is 1.81 bits per heavy atom. The minimum atomic E-state index is -0.143. The van der Waals surface area contributed by atoms with E-state index in [4.69, 9.17) is 4.42 Å². The van der Waals surface area contributed by atoms with Crippen molar-refractivity contribution in [3.8, 4) is 0 Å². The average Bonchev–Trinajstić information content (AvgIpc) is 2.94. The van der Waals surface area contributed by atoms with Crippen molar-refractivity contribution in [2.75, 3.05) is 0 Å². The quantitative estimate of drug-likeness (QED) is 0.926. The van der Waals surface area contributed by atoms with E-state index in [1.54, 1.807) is 4.68 Å². The minimum absolute atomic E-state index is 0.0534. The highest BCUT2D eigenvalue weighted by atomic mass is 16.4. The predicted octanol–water partition coefficient (Wildman–Crippen LogP) is 1.89. The molecule has 2 aromatic rings. The molecule has 0 spiro atoms. The second-order valence-electron chi connectivity index (χ2n) is 7.26. The fourth-order valence-electron chi connectivity index (χ4n) is 1.61. The maximum absolute atomic E-state index is 5.65. The highest BCUT2D eigenvalue weighted by molar-refractivity contribution is 4.97. The van der Waals surface area contributed by atoms with Crippen LogP contribution in [0.3, 0.4) is 0 Å². The van der Waals surface area contributed by atoms with Gasteiger partial charge in [0.2, 0.25) is 11.8 Å². The molecule has 1 N–H and O–H groups in total. The van der Waals surface area contributed by atoms with Gasteiger partial charge in [-0.3, -0.25) is 0 Å². The van der Waals surface area contributed by atoms with E-state index < -0.39 is 0 Å². The molecular formula is C14H24N6O. The van der Waals surface area contributed by atoms with Crippen LogP contribution in [0.15, 0.2) is 10.6 Å². The zero-order valence-corrected chi connectivity index (χ0v) is 13.6. The third kappa shape index (κ3) is 4.63. The third-order valence-electron chi connectivity index (χ3n) is 2.79. The SMILES string of the molecule is CC(C)(C)NCc1cn(Cc2nnc(C(C)(C)C)o2)nn1. The van der Waals surface area contributed by atoms with Gasteiger partial charge in [0.05, 0.1) is 11.9 Å². The molecule has 2 aromatic heterocycles. The lowest BCUT2D eigenvalue weighted by Crippen LogP contribution is -2.35. The molecule has 0 aliphatic heterocycles. The number of nitrogens with one attached hydrogen (secondary N) is 1. The molecule has 0 fully saturated rings. The van der Waals surface area contributed by atoms with Crippen molar-refractivity contribution in [3.05, 3.63) is 23.7 Å². The van der Waals surface area contributed by atoms with Crippen molar-refractivity contribution >= 4 is 0 Å². The molecule has 0 aliphatic rings. The molecule has 0 aromatic carbocycles. The molecule has 0 saturated carbocycles. The number of nitrogens with zero attached hydrogens (tertiary/aromatic N) is 5. The lowest BCUT2D eigenvalue weighted by Gasteiger charge is -2.19. The number of hydrogen-bond donors (Lipinski definition) is 1. The van der Waals surface area contributed by atoms with Crippen LogP contribution < -0.4 is 5.32 Å². The summed E-state index contributed by atoms with van der Waals surface area (Å²) in [5.74, 6) is 1.17. The molecule has 2 rings (SSSR count). The summed E-state index contributed by atoms with van der Waals surface area (Å²) < 4.78 is 7.36. The highest BCUT2D eigenvalue weighted by Crippen LogP contribution is 2.20. The first kappa shape index (κ1) is 15.6. The van der Waals surface area contributed by atoms with E-state index >= 15 is 0 Å². The van der Waals surface area contributed by atoms with Gasteiger partial charge in [0, 0.05) is 17.5 Å². The summed E-state index contributed by atoms with van der Waals surface area (Å²) in [4.78, 5) is 0. The first-order valence-corrected chi connectivity index (χ1v) is 7.10. The molecule has 2 heterocycles. The summed E-state index contributed by atoms with van der Waals surface area (Å²) in [6.07, 6.45) is 1.89. The van der Waals surface area contributed by atoms with E-state index in [9.17, 15) is 0 Å². The van der Waals surface area contributed by atoms with Crippen molar-refractivity contribution < 1.29 is 4.42 Å². The fourth-order valence-corrected chi connectivity index (χ4v) is 1.61. The standard InChI is InChI=1S/C14H24N6O/c1-13(2,3)12-18-17-11(21-12)9-20-8-10(16-19-20)7-15-14(4,5)6/h8,15H,7,9H2,1-6H3. The molecule has 0 bridgehead atoms. The smallest absolute Gasteiger partial charge is 0.238 e. The lowest BCUT2D eigenvalue weighted by atomic mass is 9.97. The van der Waals surface area contributed by atoms with Crippen LogP contribution >= 0.6 is 0 Å². The van der Waals surface area contributed by atoms with Gasteiger partial charge >= 0.3 is 0 Å². The molecule has 7 heteroatoms. The second-order valence-corrected chi connectivity index (χ2v) is 7.26. The summed E-state index contributed by atoms with van der Waals surface area (Å²) in [5.41, 5.74) is 0.799. The van der Waals surface area contributed by atoms with Crippen LogP contribution in [-0.4, -0.2) is 30.7 Å². The zero-order valence-electron chi connectivity index (χ0n) is 13.6. The molecule has 21 heavy (non-hydrogen) atoms. The van der Waals surface area contributed by atoms with Crippen LogP contribution in [0.25, 0.3) is 0 Å². The predicted molar refractivity (Wildman–Crippen MR) is 78.7 cm³/mol. The van der Waals surface area contributed by atoms with E-state index in [0.717, 1.165) is 5.69 Å². The summed E-state index contributed by atoms with van der Waals surface area (Å²) in [5, 5.41) is 19.7. The van der Waals surface area contributed by atoms with Gasteiger partial charge in [-0.15, -0.1) is 15.3 Å². The molecule has 116 valence electrons. The van der Waals surface area contributed by atoms with Crippen LogP contribution in [0.1, 0.15) is 59.0 Å². The van der Waals surface area contributed by atoms with Crippen molar-refractivity contribution in [2.24, 2.45) is 0 Å². The second kappa shape index (κ2) is 5.55. The Balaban J connectivity index is 1.98. The molecule has 0 amide bonds. The van der Waals surface area contributed by atoms with E-state index in [0.29, 0.717) is 24.9 Å². The van der Waals surface area contributed by atoms with Crippen LogP contribution in [-0.2, 0) is 18.5 Å². The highest BCUT2D eigenvalue weighted by Gasteiger charge is 2.21. The van der Waals surface area contributed by atoms with Crippen molar-refractivity contribution in [1.82, 2.24) is 30.5 Å². The Labute approximate surface area is 125 Å².